The lowest BCUT2D eigenvalue weighted by atomic mass is 10.0. The van der Waals surface area contributed by atoms with Crippen LogP contribution in [0.3, 0.4) is 0 Å². The average molecular weight is 288 g/mol. The van der Waals surface area contributed by atoms with Gasteiger partial charge in [0.2, 0.25) is 0 Å². The number of hydrogen-bond acceptors (Lipinski definition) is 5. The Bertz CT molecular complexity index is 269. The first-order valence-corrected chi connectivity index (χ1v) is 7.55. The molecule has 20 heavy (non-hydrogen) atoms. The summed E-state index contributed by atoms with van der Waals surface area (Å²) in [6.45, 7) is 3.02. The summed E-state index contributed by atoms with van der Waals surface area (Å²) in [6, 6.07) is 0. The van der Waals surface area contributed by atoms with Crippen molar-refractivity contribution in [1.82, 2.24) is 0 Å². The van der Waals surface area contributed by atoms with E-state index in [2.05, 4.69) is 19.1 Å². The largest absolute Gasteiger partial charge is 0.388 e. The van der Waals surface area contributed by atoms with Gasteiger partial charge in [-0.1, -0.05) is 31.9 Å². The molecule has 0 aromatic carbocycles. The van der Waals surface area contributed by atoms with E-state index in [4.69, 9.17) is 9.47 Å². The van der Waals surface area contributed by atoms with Crippen LogP contribution in [0.5, 0.6) is 0 Å². The van der Waals surface area contributed by atoms with Crippen molar-refractivity contribution >= 4 is 0 Å². The number of aliphatic hydroxyl groups is 3. The van der Waals surface area contributed by atoms with Crippen LogP contribution in [0.15, 0.2) is 12.2 Å². The Morgan fingerprint density at radius 2 is 1.85 bits per heavy atom. The first-order chi connectivity index (χ1) is 9.66. The van der Waals surface area contributed by atoms with Gasteiger partial charge < -0.3 is 24.8 Å². The van der Waals surface area contributed by atoms with Crippen LogP contribution in [0.4, 0.5) is 0 Å². The second kappa shape index (κ2) is 10.3. The highest BCUT2D eigenvalue weighted by atomic mass is 16.6. The van der Waals surface area contributed by atoms with E-state index in [1.165, 1.54) is 19.3 Å². The van der Waals surface area contributed by atoms with Gasteiger partial charge in [0.25, 0.3) is 0 Å². The van der Waals surface area contributed by atoms with Gasteiger partial charge in [-0.05, 0) is 19.3 Å². The lowest BCUT2D eigenvalue weighted by Gasteiger charge is -2.35. The molecule has 0 bridgehead atoms. The lowest BCUT2D eigenvalue weighted by molar-refractivity contribution is -0.199. The van der Waals surface area contributed by atoms with E-state index in [0.717, 1.165) is 12.8 Å². The summed E-state index contributed by atoms with van der Waals surface area (Å²) in [5.74, 6) is 0. The maximum atomic E-state index is 9.70. The maximum absolute atomic E-state index is 9.70. The molecule has 118 valence electrons. The fourth-order valence-electron chi connectivity index (χ4n) is 2.11. The molecule has 0 spiro atoms. The van der Waals surface area contributed by atoms with Crippen molar-refractivity contribution in [3.8, 4) is 0 Å². The second-order valence-electron chi connectivity index (χ2n) is 5.25. The smallest absolute Gasteiger partial charge is 0.111 e. The third-order valence-electron chi connectivity index (χ3n) is 3.46. The molecule has 3 N–H and O–H groups in total. The highest BCUT2D eigenvalue weighted by Crippen LogP contribution is 2.15. The molecule has 0 saturated carbocycles. The van der Waals surface area contributed by atoms with Gasteiger partial charge in [0.05, 0.1) is 19.8 Å². The number of ether oxygens (including phenoxy) is 2. The highest BCUT2D eigenvalue weighted by Gasteiger charge is 2.37. The minimum Gasteiger partial charge on any atom is -0.388 e. The predicted octanol–water partition coefficient (Wildman–Crippen LogP) is 1.01. The molecular formula is C15H28O5. The minimum absolute atomic E-state index is 0.0313. The summed E-state index contributed by atoms with van der Waals surface area (Å²) in [5.41, 5.74) is 0. The standard InChI is InChI=1S/C15H28O5/c1-2-3-4-5-6-7-8-9-19-11-13-15(18)14(17)12(16)10-20-13/h6-7,12-18H,2-5,8-11H2,1H3/b7-6+/t12-,13+,14+,15+/m0/s1. The Hall–Kier alpha value is -0.460. The van der Waals surface area contributed by atoms with Crippen molar-refractivity contribution in [2.24, 2.45) is 0 Å². The molecule has 1 aliphatic heterocycles. The van der Waals surface area contributed by atoms with E-state index < -0.39 is 24.4 Å². The molecule has 0 amide bonds. The summed E-state index contributed by atoms with van der Waals surface area (Å²) in [5, 5.41) is 28.5. The summed E-state index contributed by atoms with van der Waals surface area (Å²) in [7, 11) is 0. The first kappa shape index (κ1) is 17.6. The quantitative estimate of drug-likeness (QED) is 0.436. The average Bonchev–Trinajstić information content (AvgIpc) is 2.45. The number of unbranched alkanes of at least 4 members (excludes halogenated alkanes) is 3. The summed E-state index contributed by atoms with van der Waals surface area (Å²) in [4.78, 5) is 0. The molecule has 0 aliphatic carbocycles. The Kier molecular flexibility index (Phi) is 9.05. The van der Waals surface area contributed by atoms with Crippen LogP contribution in [0.1, 0.15) is 39.0 Å². The van der Waals surface area contributed by atoms with E-state index in [0.29, 0.717) is 6.61 Å². The Balaban J connectivity index is 2.04. The molecule has 1 aliphatic rings. The topological polar surface area (TPSA) is 79.2 Å². The predicted molar refractivity (Wildman–Crippen MR) is 76.5 cm³/mol. The minimum atomic E-state index is -1.16. The van der Waals surface area contributed by atoms with Crippen LogP contribution in [-0.4, -0.2) is 59.6 Å². The molecule has 4 atom stereocenters. The monoisotopic (exact) mass is 288 g/mol. The zero-order valence-electron chi connectivity index (χ0n) is 12.3. The van der Waals surface area contributed by atoms with Crippen molar-refractivity contribution < 1.29 is 24.8 Å². The number of aliphatic hydroxyl groups excluding tert-OH is 3. The van der Waals surface area contributed by atoms with Gasteiger partial charge >= 0.3 is 0 Å². The summed E-state index contributed by atoms with van der Waals surface area (Å²) < 4.78 is 10.7. The molecule has 0 radical (unpaired) electrons. The van der Waals surface area contributed by atoms with Crippen LogP contribution >= 0.6 is 0 Å². The van der Waals surface area contributed by atoms with E-state index in [9.17, 15) is 15.3 Å². The Morgan fingerprint density at radius 3 is 2.60 bits per heavy atom. The van der Waals surface area contributed by atoms with Gasteiger partial charge in [-0.2, -0.15) is 0 Å². The third kappa shape index (κ3) is 6.33. The van der Waals surface area contributed by atoms with Crippen molar-refractivity contribution in [3.63, 3.8) is 0 Å². The number of rotatable bonds is 9. The molecular weight excluding hydrogens is 260 g/mol. The zero-order valence-corrected chi connectivity index (χ0v) is 12.3. The van der Waals surface area contributed by atoms with Crippen molar-refractivity contribution in [2.75, 3.05) is 19.8 Å². The fourth-order valence-corrected chi connectivity index (χ4v) is 2.11. The molecule has 0 unspecified atom stereocenters. The molecule has 5 heteroatoms. The number of hydrogen-bond donors (Lipinski definition) is 3. The summed E-state index contributed by atoms with van der Waals surface area (Å²) >= 11 is 0. The van der Waals surface area contributed by atoms with E-state index >= 15 is 0 Å². The van der Waals surface area contributed by atoms with E-state index in [1.807, 2.05) is 0 Å². The first-order valence-electron chi connectivity index (χ1n) is 7.55. The normalized spacial score (nSPS) is 31.0. The van der Waals surface area contributed by atoms with Crippen molar-refractivity contribution in [2.45, 2.75) is 63.4 Å². The Morgan fingerprint density at radius 1 is 1.10 bits per heavy atom. The zero-order chi connectivity index (χ0) is 14.8. The molecule has 5 nitrogen and oxygen atoms in total. The molecule has 1 heterocycles. The fraction of sp³-hybridized carbons (Fsp3) is 0.867. The van der Waals surface area contributed by atoms with Crippen molar-refractivity contribution in [3.05, 3.63) is 12.2 Å². The van der Waals surface area contributed by atoms with Crippen LogP contribution < -0.4 is 0 Å². The van der Waals surface area contributed by atoms with Crippen LogP contribution in [0, 0.1) is 0 Å². The van der Waals surface area contributed by atoms with Gasteiger partial charge in [-0.3, -0.25) is 0 Å². The van der Waals surface area contributed by atoms with Gasteiger partial charge in [-0.25, -0.2) is 0 Å². The van der Waals surface area contributed by atoms with Crippen LogP contribution in [-0.2, 0) is 9.47 Å². The molecule has 0 aromatic heterocycles. The highest BCUT2D eigenvalue weighted by molar-refractivity contribution is 4.86. The van der Waals surface area contributed by atoms with Gasteiger partial charge in [-0.15, -0.1) is 0 Å². The second-order valence-corrected chi connectivity index (χ2v) is 5.25. The van der Waals surface area contributed by atoms with E-state index in [-0.39, 0.29) is 13.2 Å². The summed E-state index contributed by atoms with van der Waals surface area (Å²) in [6.07, 6.45) is 6.12. The third-order valence-corrected chi connectivity index (χ3v) is 3.46. The van der Waals surface area contributed by atoms with E-state index in [1.54, 1.807) is 0 Å². The van der Waals surface area contributed by atoms with Crippen molar-refractivity contribution in [1.29, 1.82) is 0 Å². The van der Waals surface area contributed by atoms with Gasteiger partial charge in [0.1, 0.15) is 24.4 Å². The van der Waals surface area contributed by atoms with Crippen LogP contribution in [0.25, 0.3) is 0 Å². The molecule has 1 fully saturated rings. The molecule has 1 saturated heterocycles. The lowest BCUT2D eigenvalue weighted by Crippen LogP contribution is -2.54. The van der Waals surface area contributed by atoms with Gasteiger partial charge in [0.15, 0.2) is 0 Å². The Labute approximate surface area is 121 Å². The number of allylic oxidation sites excluding steroid dienone is 1. The molecule has 0 aromatic rings. The molecule has 1 rings (SSSR count). The SMILES string of the molecule is CCCCC/C=C/CCOC[C@H]1OC[C@H](O)[C@@H](O)[C@@H]1O. The van der Waals surface area contributed by atoms with Gasteiger partial charge in [0, 0.05) is 0 Å². The maximum Gasteiger partial charge on any atom is 0.111 e. The van der Waals surface area contributed by atoms with Crippen LogP contribution in [0.2, 0.25) is 0 Å².